The van der Waals surface area contributed by atoms with Crippen molar-refractivity contribution in [3.05, 3.63) is 58.2 Å². The normalized spacial score (nSPS) is 11.1. The molecule has 0 bridgehead atoms. The second-order valence-corrected chi connectivity index (χ2v) is 5.32. The molecule has 2 aromatic rings. The smallest absolute Gasteiger partial charge is 0.416 e. The number of rotatable bonds is 5. The van der Waals surface area contributed by atoms with Gasteiger partial charge in [0, 0.05) is 16.7 Å². The van der Waals surface area contributed by atoms with Gasteiger partial charge in [0.15, 0.2) is 0 Å². The minimum absolute atomic E-state index is 0.00447. The summed E-state index contributed by atoms with van der Waals surface area (Å²) in [6, 6.07) is 8.57. The zero-order valence-corrected chi connectivity index (χ0v) is 13.3. The molecule has 0 aliphatic rings. The predicted octanol–water partition coefficient (Wildman–Crippen LogP) is 3.67. The number of hydrogen-bond donors (Lipinski definition) is 1. The lowest BCUT2D eigenvalue weighted by Crippen LogP contribution is -2.28. The van der Waals surface area contributed by atoms with Gasteiger partial charge in [-0.2, -0.15) is 13.2 Å². The topological polar surface area (TPSA) is 51.2 Å². The number of ether oxygens (including phenoxy) is 1. The van der Waals surface area contributed by atoms with E-state index in [4.69, 9.17) is 4.74 Å². The number of nitrogens with zero attached hydrogens (tertiary/aromatic N) is 1. The maximum Gasteiger partial charge on any atom is 0.416 e. The van der Waals surface area contributed by atoms with Gasteiger partial charge >= 0.3 is 6.18 Å². The van der Waals surface area contributed by atoms with Crippen LogP contribution in [0.15, 0.2) is 47.1 Å². The maximum atomic E-state index is 12.5. The van der Waals surface area contributed by atoms with Gasteiger partial charge in [-0.25, -0.2) is 4.98 Å². The predicted molar refractivity (Wildman–Crippen MR) is 81.2 cm³/mol. The van der Waals surface area contributed by atoms with Gasteiger partial charge in [0.05, 0.1) is 17.7 Å². The molecular weight excluding hydrogens is 377 g/mol. The van der Waals surface area contributed by atoms with Gasteiger partial charge in [-0.3, -0.25) is 4.79 Å². The van der Waals surface area contributed by atoms with E-state index in [9.17, 15) is 18.0 Å². The lowest BCUT2D eigenvalue weighted by Gasteiger charge is -2.10. The van der Waals surface area contributed by atoms with E-state index in [1.165, 1.54) is 0 Å². The Morgan fingerprint density at radius 3 is 2.70 bits per heavy atom. The first kappa shape index (κ1) is 17.3. The molecule has 1 N–H and O–H groups in total. The summed E-state index contributed by atoms with van der Waals surface area (Å²) in [5.74, 6) is -0.451. The van der Waals surface area contributed by atoms with Crippen molar-refractivity contribution >= 4 is 21.8 Å². The second kappa shape index (κ2) is 7.45. The fourth-order valence-corrected chi connectivity index (χ4v) is 2.19. The lowest BCUT2D eigenvalue weighted by atomic mass is 10.2. The van der Waals surface area contributed by atoms with Crippen LogP contribution in [0.1, 0.15) is 15.9 Å². The van der Waals surface area contributed by atoms with Crippen LogP contribution in [0.2, 0.25) is 0 Å². The zero-order valence-electron chi connectivity index (χ0n) is 11.7. The molecule has 122 valence electrons. The third kappa shape index (κ3) is 4.95. The molecule has 4 nitrogen and oxygen atoms in total. The summed E-state index contributed by atoms with van der Waals surface area (Å²) in [5, 5.41) is 2.61. The van der Waals surface area contributed by atoms with E-state index in [0.717, 1.165) is 18.3 Å². The zero-order chi connectivity index (χ0) is 16.9. The number of aromatic nitrogens is 1. The van der Waals surface area contributed by atoms with E-state index in [1.54, 1.807) is 24.3 Å². The number of benzene rings is 1. The first-order valence-electron chi connectivity index (χ1n) is 6.56. The molecule has 0 atom stereocenters. The highest BCUT2D eigenvalue weighted by atomic mass is 79.9. The summed E-state index contributed by atoms with van der Waals surface area (Å²) in [4.78, 5) is 15.6. The van der Waals surface area contributed by atoms with E-state index in [2.05, 4.69) is 26.2 Å². The van der Waals surface area contributed by atoms with E-state index >= 15 is 0 Å². The van der Waals surface area contributed by atoms with Crippen LogP contribution < -0.4 is 10.1 Å². The minimum Gasteiger partial charge on any atom is -0.476 e. The Kier molecular flexibility index (Phi) is 5.59. The van der Waals surface area contributed by atoms with Gasteiger partial charge in [0.25, 0.3) is 5.91 Å². The fraction of sp³-hybridized carbons (Fsp3) is 0.200. The number of carbonyl (C=O) groups excluding carboxylic acids is 1. The van der Waals surface area contributed by atoms with Gasteiger partial charge < -0.3 is 10.1 Å². The average molecular weight is 389 g/mol. The number of carbonyl (C=O) groups is 1. The van der Waals surface area contributed by atoms with Crippen molar-refractivity contribution in [3.63, 3.8) is 0 Å². The highest BCUT2D eigenvalue weighted by Gasteiger charge is 2.30. The average Bonchev–Trinajstić information content (AvgIpc) is 2.51. The van der Waals surface area contributed by atoms with Crippen molar-refractivity contribution in [2.75, 3.05) is 13.2 Å². The number of alkyl halides is 3. The molecule has 0 aliphatic carbocycles. The first-order valence-corrected chi connectivity index (χ1v) is 7.36. The SMILES string of the molecule is O=C(NCCOc1cc(C(F)(F)F)ccn1)c1ccccc1Br. The van der Waals surface area contributed by atoms with Gasteiger partial charge in [0.2, 0.25) is 5.88 Å². The Morgan fingerprint density at radius 2 is 2.00 bits per heavy atom. The quantitative estimate of drug-likeness (QED) is 0.795. The molecule has 2 rings (SSSR count). The minimum atomic E-state index is -4.45. The number of amides is 1. The van der Waals surface area contributed by atoms with Crippen LogP contribution in [-0.4, -0.2) is 24.0 Å². The van der Waals surface area contributed by atoms with Crippen LogP contribution in [0.25, 0.3) is 0 Å². The Balaban J connectivity index is 1.84. The number of halogens is 4. The Hall–Kier alpha value is -2.09. The standard InChI is InChI=1S/C15H12BrF3N2O2/c16-12-4-2-1-3-11(12)14(22)21-7-8-23-13-9-10(5-6-20-13)15(17,18)19/h1-6,9H,7-8H2,(H,21,22). The molecule has 0 radical (unpaired) electrons. The number of hydrogen-bond acceptors (Lipinski definition) is 3. The maximum absolute atomic E-state index is 12.5. The third-order valence-corrected chi connectivity index (χ3v) is 3.51. The highest BCUT2D eigenvalue weighted by molar-refractivity contribution is 9.10. The van der Waals surface area contributed by atoms with Crippen LogP contribution in [0.4, 0.5) is 13.2 Å². The fourth-order valence-electron chi connectivity index (χ4n) is 1.73. The Morgan fingerprint density at radius 1 is 1.26 bits per heavy atom. The van der Waals surface area contributed by atoms with E-state index in [-0.39, 0.29) is 24.9 Å². The summed E-state index contributed by atoms with van der Waals surface area (Å²) in [6.07, 6.45) is -3.42. The molecule has 0 saturated heterocycles. The van der Waals surface area contributed by atoms with Crippen molar-refractivity contribution in [2.45, 2.75) is 6.18 Å². The Bertz CT molecular complexity index is 692. The van der Waals surface area contributed by atoms with Crippen molar-refractivity contribution in [1.82, 2.24) is 10.3 Å². The van der Waals surface area contributed by atoms with Crippen molar-refractivity contribution in [2.24, 2.45) is 0 Å². The molecule has 0 fully saturated rings. The molecule has 0 spiro atoms. The van der Waals surface area contributed by atoms with Crippen molar-refractivity contribution in [1.29, 1.82) is 0 Å². The second-order valence-electron chi connectivity index (χ2n) is 4.46. The molecule has 8 heteroatoms. The van der Waals surface area contributed by atoms with Crippen molar-refractivity contribution < 1.29 is 22.7 Å². The first-order chi connectivity index (χ1) is 10.9. The summed E-state index contributed by atoms with van der Waals surface area (Å²) in [7, 11) is 0. The van der Waals surface area contributed by atoms with E-state index < -0.39 is 11.7 Å². The van der Waals surface area contributed by atoms with Gasteiger partial charge in [0.1, 0.15) is 6.61 Å². The summed E-state index contributed by atoms with van der Waals surface area (Å²) in [6.45, 7) is 0.141. The van der Waals surface area contributed by atoms with Crippen LogP contribution in [-0.2, 0) is 6.18 Å². The summed E-state index contributed by atoms with van der Waals surface area (Å²) < 4.78 is 43.4. The largest absolute Gasteiger partial charge is 0.476 e. The van der Waals surface area contributed by atoms with Crippen molar-refractivity contribution in [3.8, 4) is 5.88 Å². The van der Waals surface area contributed by atoms with Crippen LogP contribution >= 0.6 is 15.9 Å². The molecule has 1 aromatic heterocycles. The van der Waals surface area contributed by atoms with Crippen LogP contribution in [0.3, 0.4) is 0 Å². The highest BCUT2D eigenvalue weighted by Crippen LogP contribution is 2.30. The van der Waals surface area contributed by atoms with Gasteiger partial charge in [-0.1, -0.05) is 12.1 Å². The molecule has 0 unspecified atom stereocenters. The molecular formula is C15H12BrF3N2O2. The molecule has 23 heavy (non-hydrogen) atoms. The summed E-state index contributed by atoms with van der Waals surface area (Å²) >= 11 is 3.26. The lowest BCUT2D eigenvalue weighted by molar-refractivity contribution is -0.137. The van der Waals surface area contributed by atoms with Gasteiger partial charge in [-0.05, 0) is 34.1 Å². The third-order valence-electron chi connectivity index (χ3n) is 2.82. The van der Waals surface area contributed by atoms with Crippen LogP contribution in [0, 0.1) is 0 Å². The monoisotopic (exact) mass is 388 g/mol. The number of pyridine rings is 1. The molecule has 1 aromatic carbocycles. The molecule has 0 saturated carbocycles. The summed E-state index contributed by atoms with van der Waals surface area (Å²) in [5.41, 5.74) is -0.371. The van der Waals surface area contributed by atoms with Gasteiger partial charge in [-0.15, -0.1) is 0 Å². The molecule has 1 heterocycles. The van der Waals surface area contributed by atoms with E-state index in [0.29, 0.717) is 10.0 Å². The number of nitrogens with one attached hydrogen (secondary N) is 1. The Labute approximate surface area is 138 Å². The van der Waals surface area contributed by atoms with E-state index in [1.807, 2.05) is 0 Å². The molecule has 0 aliphatic heterocycles. The molecule has 1 amide bonds. The van der Waals surface area contributed by atoms with Crippen LogP contribution in [0.5, 0.6) is 5.88 Å².